The molecule has 3 aliphatic rings. The van der Waals surface area contributed by atoms with Gasteiger partial charge in [0.15, 0.2) is 0 Å². The van der Waals surface area contributed by atoms with E-state index >= 15 is 0 Å². The molecule has 0 bridgehead atoms. The van der Waals surface area contributed by atoms with Gasteiger partial charge < -0.3 is 15.5 Å². The van der Waals surface area contributed by atoms with Crippen molar-refractivity contribution in [1.82, 2.24) is 20.4 Å². The van der Waals surface area contributed by atoms with Gasteiger partial charge in [0.2, 0.25) is 5.91 Å². The lowest BCUT2D eigenvalue weighted by atomic mass is 9.65. The fourth-order valence-corrected chi connectivity index (χ4v) is 5.47. The van der Waals surface area contributed by atoms with Gasteiger partial charge in [0, 0.05) is 13.1 Å². The highest BCUT2D eigenvalue weighted by Crippen LogP contribution is 2.45. The molecule has 7 heteroatoms. The molecule has 2 heterocycles. The predicted octanol–water partition coefficient (Wildman–Crippen LogP) is 3.14. The van der Waals surface area contributed by atoms with Crippen LogP contribution in [-0.4, -0.2) is 65.9 Å². The normalized spacial score (nSPS) is 28.6. The average molecular weight is 435 g/mol. The van der Waals surface area contributed by atoms with E-state index in [1.807, 2.05) is 0 Å². The molecule has 0 aromatic heterocycles. The van der Waals surface area contributed by atoms with Crippen molar-refractivity contribution in [3.05, 3.63) is 0 Å². The van der Waals surface area contributed by atoms with E-state index in [0.717, 1.165) is 43.8 Å². The molecule has 176 valence electrons. The molecule has 31 heavy (non-hydrogen) atoms. The molecule has 3 fully saturated rings. The minimum atomic E-state index is -0.806. The molecule has 2 saturated heterocycles. The molecule has 2 N–H and O–H groups in total. The summed E-state index contributed by atoms with van der Waals surface area (Å²) in [6.45, 7) is 12.5. The van der Waals surface area contributed by atoms with Crippen LogP contribution in [-0.2, 0) is 9.59 Å². The first-order chi connectivity index (χ1) is 14.7. The van der Waals surface area contributed by atoms with Crippen molar-refractivity contribution < 1.29 is 14.4 Å². The van der Waals surface area contributed by atoms with Crippen LogP contribution >= 0.6 is 0 Å². The molecule has 0 aromatic rings. The molecule has 0 aromatic carbocycles. The molecule has 1 aliphatic carbocycles. The van der Waals surface area contributed by atoms with Crippen LogP contribution in [0.25, 0.3) is 0 Å². The number of amides is 4. The van der Waals surface area contributed by atoms with Gasteiger partial charge in [-0.15, -0.1) is 0 Å². The van der Waals surface area contributed by atoms with E-state index in [1.54, 1.807) is 0 Å². The largest absolute Gasteiger partial charge is 0.354 e. The second-order valence-electron chi connectivity index (χ2n) is 10.8. The van der Waals surface area contributed by atoms with Gasteiger partial charge in [-0.3, -0.25) is 14.5 Å². The molecule has 1 atom stereocenters. The van der Waals surface area contributed by atoms with E-state index in [4.69, 9.17) is 0 Å². The number of carbonyl (C=O) groups excluding carboxylic acids is 3. The summed E-state index contributed by atoms with van der Waals surface area (Å²) in [7, 11) is 0. The molecule has 1 unspecified atom stereocenters. The number of rotatable bonds is 8. The Morgan fingerprint density at radius 1 is 1.19 bits per heavy atom. The van der Waals surface area contributed by atoms with Crippen LogP contribution < -0.4 is 10.6 Å². The molecule has 7 nitrogen and oxygen atoms in total. The number of urea groups is 1. The Morgan fingerprint density at radius 2 is 1.84 bits per heavy atom. The third-order valence-electron chi connectivity index (χ3n) is 8.07. The molecule has 4 amide bonds. The number of likely N-dealkylation sites (tertiary alicyclic amines) is 1. The lowest BCUT2D eigenvalue weighted by Gasteiger charge is -2.42. The summed E-state index contributed by atoms with van der Waals surface area (Å²) in [6, 6.07) is -0.422. The Morgan fingerprint density at radius 3 is 2.45 bits per heavy atom. The van der Waals surface area contributed by atoms with Crippen molar-refractivity contribution in [3.8, 4) is 0 Å². The smallest absolute Gasteiger partial charge is 0.325 e. The summed E-state index contributed by atoms with van der Waals surface area (Å²) in [5.74, 6) is 0.425. The van der Waals surface area contributed by atoms with Crippen molar-refractivity contribution in [3.63, 3.8) is 0 Å². The van der Waals surface area contributed by atoms with Gasteiger partial charge in [-0.1, -0.05) is 40.5 Å². The average Bonchev–Trinajstić information content (AvgIpc) is 2.97. The summed E-state index contributed by atoms with van der Waals surface area (Å²) >= 11 is 0. The summed E-state index contributed by atoms with van der Waals surface area (Å²) in [5, 5.41) is 5.86. The van der Waals surface area contributed by atoms with E-state index < -0.39 is 11.6 Å². The Bertz CT molecular complexity index is 664. The van der Waals surface area contributed by atoms with Crippen LogP contribution in [0.1, 0.15) is 79.1 Å². The molecular formula is C24H42N4O3. The Hall–Kier alpha value is -1.63. The maximum absolute atomic E-state index is 13.1. The topological polar surface area (TPSA) is 81.8 Å². The van der Waals surface area contributed by atoms with Crippen LogP contribution in [0.15, 0.2) is 0 Å². The third kappa shape index (κ3) is 5.60. The highest BCUT2D eigenvalue weighted by Gasteiger charge is 2.53. The first kappa shape index (κ1) is 24.0. The molecule has 1 saturated carbocycles. The highest BCUT2D eigenvalue weighted by atomic mass is 16.2. The van der Waals surface area contributed by atoms with Crippen molar-refractivity contribution in [1.29, 1.82) is 0 Å². The maximum atomic E-state index is 13.1. The fraction of sp³-hybridized carbons (Fsp3) is 0.875. The molecular weight excluding hydrogens is 392 g/mol. The summed E-state index contributed by atoms with van der Waals surface area (Å²) < 4.78 is 0. The van der Waals surface area contributed by atoms with Gasteiger partial charge in [0.1, 0.15) is 12.1 Å². The monoisotopic (exact) mass is 434 g/mol. The van der Waals surface area contributed by atoms with E-state index in [0.29, 0.717) is 31.2 Å². The zero-order valence-corrected chi connectivity index (χ0v) is 20.0. The fourth-order valence-electron chi connectivity index (χ4n) is 5.47. The minimum Gasteiger partial charge on any atom is -0.354 e. The lowest BCUT2D eigenvalue weighted by Crippen LogP contribution is -2.51. The van der Waals surface area contributed by atoms with Crippen LogP contribution in [0.5, 0.6) is 0 Å². The Labute approximate surface area is 187 Å². The first-order valence-electron chi connectivity index (χ1n) is 12.3. The molecule has 3 rings (SSSR count). The zero-order valence-electron chi connectivity index (χ0n) is 20.0. The van der Waals surface area contributed by atoms with Gasteiger partial charge in [-0.2, -0.15) is 0 Å². The number of carbonyl (C=O) groups is 3. The molecule has 1 spiro atoms. The molecule has 0 radical (unpaired) electrons. The summed E-state index contributed by atoms with van der Waals surface area (Å²) in [4.78, 5) is 41.7. The SMILES string of the molecule is CCC(C)(C)C1CCC2(CC1)NC(=O)N(CC(=O)NCC(C)CN1CCCCC1)C2=O. The lowest BCUT2D eigenvalue weighted by molar-refractivity contribution is -0.136. The van der Waals surface area contributed by atoms with Crippen molar-refractivity contribution in [2.75, 3.05) is 32.7 Å². The van der Waals surface area contributed by atoms with Crippen molar-refractivity contribution >= 4 is 17.8 Å². The second kappa shape index (κ2) is 9.88. The van der Waals surface area contributed by atoms with E-state index in [2.05, 4.69) is 43.2 Å². The number of nitrogens with one attached hydrogen (secondary N) is 2. The van der Waals surface area contributed by atoms with E-state index in [1.165, 1.54) is 19.3 Å². The third-order valence-corrected chi connectivity index (χ3v) is 8.07. The Balaban J connectivity index is 1.47. The minimum absolute atomic E-state index is 0.188. The van der Waals surface area contributed by atoms with Crippen molar-refractivity contribution in [2.24, 2.45) is 17.3 Å². The van der Waals surface area contributed by atoms with Crippen LogP contribution in [0.2, 0.25) is 0 Å². The van der Waals surface area contributed by atoms with Crippen LogP contribution in [0.4, 0.5) is 4.79 Å². The molecule has 2 aliphatic heterocycles. The van der Waals surface area contributed by atoms with Crippen LogP contribution in [0, 0.1) is 17.3 Å². The first-order valence-corrected chi connectivity index (χ1v) is 12.3. The standard InChI is InChI=1S/C24H42N4O3/c1-5-23(3,4)19-9-11-24(12-10-19)21(30)28(22(31)26-24)17-20(29)25-15-18(2)16-27-13-7-6-8-14-27/h18-19H,5-17H2,1-4H3,(H,25,29)(H,26,31). The van der Waals surface area contributed by atoms with Crippen molar-refractivity contribution in [2.45, 2.75) is 84.6 Å². The van der Waals surface area contributed by atoms with Gasteiger partial charge in [-0.25, -0.2) is 4.79 Å². The number of hydrogen-bond acceptors (Lipinski definition) is 4. The van der Waals surface area contributed by atoms with Gasteiger partial charge in [0.05, 0.1) is 0 Å². The number of imide groups is 1. The van der Waals surface area contributed by atoms with Crippen LogP contribution in [0.3, 0.4) is 0 Å². The number of nitrogens with zero attached hydrogens (tertiary/aromatic N) is 2. The number of hydrogen-bond donors (Lipinski definition) is 2. The van der Waals surface area contributed by atoms with Gasteiger partial charge >= 0.3 is 6.03 Å². The Kier molecular flexibility index (Phi) is 7.66. The second-order valence-corrected chi connectivity index (χ2v) is 10.8. The predicted molar refractivity (Wildman–Crippen MR) is 121 cm³/mol. The zero-order chi connectivity index (χ0) is 22.6. The quantitative estimate of drug-likeness (QED) is 0.575. The maximum Gasteiger partial charge on any atom is 0.325 e. The highest BCUT2D eigenvalue weighted by molar-refractivity contribution is 6.09. The number of piperidine rings is 1. The van der Waals surface area contributed by atoms with Gasteiger partial charge in [-0.05, 0) is 68.9 Å². The summed E-state index contributed by atoms with van der Waals surface area (Å²) in [5.41, 5.74) is -0.559. The summed E-state index contributed by atoms with van der Waals surface area (Å²) in [6.07, 6.45) is 8.11. The van der Waals surface area contributed by atoms with Gasteiger partial charge in [0.25, 0.3) is 5.91 Å². The van der Waals surface area contributed by atoms with E-state index in [-0.39, 0.29) is 23.8 Å². The van der Waals surface area contributed by atoms with E-state index in [9.17, 15) is 14.4 Å².